The summed E-state index contributed by atoms with van der Waals surface area (Å²) in [6.07, 6.45) is 3.42. The normalized spacial score (nSPS) is 23.7. The summed E-state index contributed by atoms with van der Waals surface area (Å²) in [5.41, 5.74) is 0.814. The quantitative estimate of drug-likeness (QED) is 0.912. The summed E-state index contributed by atoms with van der Waals surface area (Å²) >= 11 is 0. The van der Waals surface area contributed by atoms with Crippen molar-refractivity contribution in [3.63, 3.8) is 0 Å². The number of carbonyl (C=O) groups excluding carboxylic acids is 1. The van der Waals surface area contributed by atoms with Crippen LogP contribution in [0.2, 0.25) is 0 Å². The second-order valence-corrected chi connectivity index (χ2v) is 6.47. The smallest absolute Gasteiger partial charge is 0.415 e. The van der Waals surface area contributed by atoms with Crippen LogP contribution < -0.4 is 10.1 Å². The fraction of sp³-hybridized carbons (Fsp3) is 0.500. The van der Waals surface area contributed by atoms with Crippen LogP contribution in [-0.4, -0.2) is 28.8 Å². The summed E-state index contributed by atoms with van der Waals surface area (Å²) in [6, 6.07) is 9.65. The van der Waals surface area contributed by atoms with Crippen LogP contribution in [0, 0.1) is 11.8 Å². The molecule has 0 bridgehead atoms. The van der Waals surface area contributed by atoms with E-state index in [0.29, 0.717) is 17.7 Å². The van der Waals surface area contributed by atoms with Crippen molar-refractivity contribution in [2.75, 3.05) is 6.61 Å². The second-order valence-electron chi connectivity index (χ2n) is 6.47. The van der Waals surface area contributed by atoms with Gasteiger partial charge in [-0.05, 0) is 30.4 Å². The van der Waals surface area contributed by atoms with Crippen LogP contribution in [0.15, 0.2) is 34.7 Å². The minimum atomic E-state index is -0.152. The minimum Gasteiger partial charge on any atom is -0.439 e. The highest BCUT2D eigenvalue weighted by molar-refractivity contribution is 5.77. The molecule has 1 aromatic heterocycles. The maximum absolute atomic E-state index is 12.1. The van der Waals surface area contributed by atoms with Gasteiger partial charge in [-0.25, -0.2) is 0 Å². The second kappa shape index (κ2) is 7.47. The minimum absolute atomic E-state index is 0.00839. The summed E-state index contributed by atoms with van der Waals surface area (Å²) in [5.74, 6) is 1.34. The first kappa shape index (κ1) is 16.5. The highest BCUT2D eigenvalue weighted by atomic mass is 16.6. The molecule has 1 aromatic carbocycles. The lowest BCUT2D eigenvalue weighted by molar-refractivity contribution is -0.125. The van der Waals surface area contributed by atoms with E-state index in [1.54, 1.807) is 0 Å². The number of nitrogens with one attached hydrogen (secondary N) is 1. The Bertz CT molecular complexity index is 671. The highest BCUT2D eigenvalue weighted by Crippen LogP contribution is 2.29. The molecular weight excluding hydrogens is 306 g/mol. The molecule has 0 aliphatic heterocycles. The van der Waals surface area contributed by atoms with Gasteiger partial charge in [0.05, 0.1) is 0 Å². The molecule has 1 aliphatic carbocycles. The molecule has 1 amide bonds. The van der Waals surface area contributed by atoms with Crippen molar-refractivity contribution in [1.82, 2.24) is 15.5 Å². The Balaban J connectivity index is 1.51. The monoisotopic (exact) mass is 329 g/mol. The van der Waals surface area contributed by atoms with Gasteiger partial charge in [-0.15, -0.1) is 5.10 Å². The van der Waals surface area contributed by atoms with Crippen molar-refractivity contribution in [3.05, 3.63) is 30.3 Å². The number of aromatic nitrogens is 2. The predicted molar refractivity (Wildman–Crippen MR) is 89.3 cm³/mol. The fourth-order valence-electron chi connectivity index (χ4n) is 3.13. The van der Waals surface area contributed by atoms with Gasteiger partial charge in [0.15, 0.2) is 6.61 Å². The number of rotatable bonds is 5. The van der Waals surface area contributed by atoms with E-state index in [2.05, 4.69) is 29.4 Å². The van der Waals surface area contributed by atoms with E-state index < -0.39 is 0 Å². The van der Waals surface area contributed by atoms with Crippen molar-refractivity contribution in [1.29, 1.82) is 0 Å². The molecule has 24 heavy (non-hydrogen) atoms. The van der Waals surface area contributed by atoms with Crippen LogP contribution in [0.25, 0.3) is 11.5 Å². The van der Waals surface area contributed by atoms with E-state index in [1.165, 1.54) is 6.42 Å². The van der Waals surface area contributed by atoms with Gasteiger partial charge in [-0.3, -0.25) is 4.79 Å². The molecule has 2 aromatic rings. The molecule has 1 aliphatic rings. The molecule has 1 saturated carbocycles. The van der Waals surface area contributed by atoms with Crippen LogP contribution >= 0.6 is 0 Å². The highest BCUT2D eigenvalue weighted by Gasteiger charge is 2.28. The Hall–Kier alpha value is -2.37. The summed E-state index contributed by atoms with van der Waals surface area (Å²) < 4.78 is 10.7. The average molecular weight is 329 g/mol. The number of hydrogen-bond donors (Lipinski definition) is 1. The number of amides is 1. The Morgan fingerprint density at radius 3 is 2.83 bits per heavy atom. The number of ether oxygens (including phenoxy) is 1. The maximum atomic E-state index is 12.1. The van der Waals surface area contributed by atoms with Crippen LogP contribution in [0.4, 0.5) is 0 Å². The standard InChI is InChI=1S/C18H23N3O3/c1-12-7-6-10-15(13(12)2)19-16(22)11-23-18-21-20-17(24-18)14-8-4-3-5-9-14/h3-5,8-9,12-13,15H,6-7,10-11H2,1-2H3,(H,19,22)/t12-,13-,15+/m1/s1. The molecule has 1 fully saturated rings. The van der Waals surface area contributed by atoms with Crippen LogP contribution in [-0.2, 0) is 4.79 Å². The maximum Gasteiger partial charge on any atom is 0.415 e. The van der Waals surface area contributed by atoms with Gasteiger partial charge in [0.2, 0.25) is 0 Å². The van der Waals surface area contributed by atoms with Crippen molar-refractivity contribution in [2.45, 2.75) is 39.2 Å². The summed E-state index contributed by atoms with van der Waals surface area (Å²) in [5, 5.41) is 10.8. The molecule has 0 unspecified atom stereocenters. The first-order valence-electron chi connectivity index (χ1n) is 8.44. The van der Waals surface area contributed by atoms with Gasteiger partial charge in [-0.2, -0.15) is 0 Å². The van der Waals surface area contributed by atoms with E-state index in [-0.39, 0.29) is 24.6 Å². The lowest BCUT2D eigenvalue weighted by Crippen LogP contribution is -2.45. The molecule has 0 spiro atoms. The molecule has 6 heteroatoms. The Morgan fingerprint density at radius 2 is 2.04 bits per heavy atom. The lowest BCUT2D eigenvalue weighted by Gasteiger charge is -2.34. The van der Waals surface area contributed by atoms with Gasteiger partial charge in [0.25, 0.3) is 11.8 Å². The van der Waals surface area contributed by atoms with Gasteiger partial charge >= 0.3 is 6.08 Å². The Morgan fingerprint density at radius 1 is 1.25 bits per heavy atom. The van der Waals surface area contributed by atoms with Crippen molar-refractivity contribution >= 4 is 5.91 Å². The number of hydrogen-bond acceptors (Lipinski definition) is 5. The van der Waals surface area contributed by atoms with Crippen molar-refractivity contribution in [3.8, 4) is 17.5 Å². The molecule has 1 heterocycles. The van der Waals surface area contributed by atoms with Gasteiger partial charge < -0.3 is 14.5 Å². The molecular formula is C18H23N3O3. The number of benzene rings is 1. The van der Waals surface area contributed by atoms with E-state index in [9.17, 15) is 4.79 Å². The third kappa shape index (κ3) is 3.93. The Labute approximate surface area is 141 Å². The SMILES string of the molecule is C[C@@H]1[C@H](C)CCC[C@@H]1NC(=O)COc1nnc(-c2ccccc2)o1. The molecule has 3 rings (SSSR count). The molecule has 3 atom stereocenters. The van der Waals surface area contributed by atoms with Crippen LogP contribution in [0.3, 0.4) is 0 Å². The van der Waals surface area contributed by atoms with E-state index >= 15 is 0 Å². The van der Waals surface area contributed by atoms with Crippen molar-refractivity contribution < 1.29 is 13.9 Å². The van der Waals surface area contributed by atoms with E-state index in [1.807, 2.05) is 30.3 Å². The van der Waals surface area contributed by atoms with Crippen LogP contribution in [0.1, 0.15) is 33.1 Å². The zero-order valence-corrected chi connectivity index (χ0v) is 14.1. The van der Waals surface area contributed by atoms with E-state index in [4.69, 9.17) is 9.15 Å². The zero-order chi connectivity index (χ0) is 16.9. The molecule has 0 saturated heterocycles. The first-order chi connectivity index (χ1) is 11.6. The summed E-state index contributed by atoms with van der Waals surface area (Å²) in [6.45, 7) is 4.32. The lowest BCUT2D eigenvalue weighted by atomic mass is 9.78. The number of carbonyl (C=O) groups is 1. The topological polar surface area (TPSA) is 77.2 Å². The molecule has 0 radical (unpaired) electrons. The third-order valence-corrected chi connectivity index (χ3v) is 4.81. The first-order valence-corrected chi connectivity index (χ1v) is 8.44. The fourth-order valence-corrected chi connectivity index (χ4v) is 3.13. The van der Waals surface area contributed by atoms with Crippen molar-refractivity contribution in [2.24, 2.45) is 11.8 Å². The summed E-state index contributed by atoms with van der Waals surface area (Å²) in [7, 11) is 0. The Kier molecular flexibility index (Phi) is 5.13. The summed E-state index contributed by atoms with van der Waals surface area (Å²) in [4.78, 5) is 12.1. The molecule has 128 valence electrons. The van der Waals surface area contributed by atoms with Gasteiger partial charge in [-0.1, -0.05) is 50.0 Å². The average Bonchev–Trinajstić information content (AvgIpc) is 3.07. The molecule has 6 nitrogen and oxygen atoms in total. The van der Waals surface area contributed by atoms with E-state index in [0.717, 1.165) is 18.4 Å². The van der Waals surface area contributed by atoms with Crippen LogP contribution in [0.5, 0.6) is 6.08 Å². The molecule has 1 N–H and O–H groups in total. The van der Waals surface area contributed by atoms with Gasteiger partial charge in [0.1, 0.15) is 0 Å². The third-order valence-electron chi connectivity index (χ3n) is 4.81. The predicted octanol–water partition coefficient (Wildman–Crippen LogP) is 3.06. The van der Waals surface area contributed by atoms with Gasteiger partial charge in [0, 0.05) is 11.6 Å². The zero-order valence-electron chi connectivity index (χ0n) is 14.1. The largest absolute Gasteiger partial charge is 0.439 e. The number of nitrogens with zero attached hydrogens (tertiary/aromatic N) is 2.